The number of hydrogen-bond donors (Lipinski definition) is 1. The van der Waals surface area contributed by atoms with Gasteiger partial charge in [-0.1, -0.05) is 24.3 Å². The summed E-state index contributed by atoms with van der Waals surface area (Å²) < 4.78 is 5.39. The van der Waals surface area contributed by atoms with Crippen molar-refractivity contribution < 1.29 is 4.74 Å². The van der Waals surface area contributed by atoms with Crippen LogP contribution in [0.3, 0.4) is 0 Å². The molecule has 0 saturated heterocycles. The van der Waals surface area contributed by atoms with Crippen molar-refractivity contribution in [3.8, 4) is 5.75 Å². The monoisotopic (exact) mass is 268 g/mol. The molecule has 3 heteroatoms. The second-order valence-corrected chi connectivity index (χ2v) is 5.38. The summed E-state index contributed by atoms with van der Waals surface area (Å²) in [5, 5.41) is 3.62. The number of rotatable bonds is 3. The van der Waals surface area contributed by atoms with Gasteiger partial charge in [0, 0.05) is 11.7 Å². The Bertz CT molecular complexity index is 610. The van der Waals surface area contributed by atoms with Crippen LogP contribution in [-0.4, -0.2) is 18.1 Å². The molecule has 0 spiro atoms. The van der Waals surface area contributed by atoms with E-state index in [0.717, 1.165) is 36.4 Å². The molecular formula is C17H20N2O. The van der Waals surface area contributed by atoms with Gasteiger partial charge in [-0.05, 0) is 43.4 Å². The lowest BCUT2D eigenvalue weighted by molar-refractivity contribution is 0.413. The van der Waals surface area contributed by atoms with Gasteiger partial charge < -0.3 is 10.1 Å². The predicted octanol–water partition coefficient (Wildman–Crippen LogP) is 3.37. The minimum atomic E-state index is 0.459. The number of hydrogen-bond acceptors (Lipinski definition) is 3. The van der Waals surface area contributed by atoms with E-state index in [9.17, 15) is 0 Å². The Labute approximate surface area is 120 Å². The highest BCUT2D eigenvalue weighted by Crippen LogP contribution is 2.28. The second kappa shape index (κ2) is 5.53. The molecule has 0 bridgehead atoms. The van der Waals surface area contributed by atoms with Crippen LogP contribution in [0.15, 0.2) is 36.5 Å². The van der Waals surface area contributed by atoms with E-state index in [4.69, 9.17) is 4.74 Å². The third-order valence-corrected chi connectivity index (χ3v) is 3.93. The molecule has 0 fully saturated rings. The molecule has 1 aliphatic rings. The van der Waals surface area contributed by atoms with E-state index >= 15 is 0 Å². The van der Waals surface area contributed by atoms with Crippen molar-refractivity contribution in [3.05, 3.63) is 53.3 Å². The highest BCUT2D eigenvalue weighted by Gasteiger charge is 2.19. The Balaban J connectivity index is 1.78. The quantitative estimate of drug-likeness (QED) is 0.926. The Hall–Kier alpha value is -2.03. The summed E-state index contributed by atoms with van der Waals surface area (Å²) in [6.45, 7) is 2.00. The zero-order valence-electron chi connectivity index (χ0n) is 12.0. The highest BCUT2D eigenvalue weighted by atomic mass is 16.5. The van der Waals surface area contributed by atoms with Crippen LogP contribution in [0.25, 0.3) is 0 Å². The Morgan fingerprint density at radius 3 is 2.85 bits per heavy atom. The smallest absolute Gasteiger partial charge is 0.160 e. The van der Waals surface area contributed by atoms with Crippen LogP contribution in [0.5, 0.6) is 5.75 Å². The third kappa shape index (κ3) is 2.62. The Morgan fingerprint density at radius 2 is 2.05 bits per heavy atom. The number of nitrogens with zero attached hydrogens (tertiary/aromatic N) is 1. The number of benzene rings is 1. The summed E-state index contributed by atoms with van der Waals surface area (Å²) >= 11 is 0. The first-order valence-corrected chi connectivity index (χ1v) is 7.10. The third-order valence-electron chi connectivity index (χ3n) is 3.93. The van der Waals surface area contributed by atoms with Crippen LogP contribution in [0.1, 0.15) is 23.2 Å². The molecule has 104 valence electrons. The normalized spacial score (nSPS) is 17.4. The summed E-state index contributed by atoms with van der Waals surface area (Å²) in [5.41, 5.74) is 5.00. The summed E-state index contributed by atoms with van der Waals surface area (Å²) in [6, 6.07) is 11.2. The lowest BCUT2D eigenvalue weighted by Gasteiger charge is -2.27. The number of aryl methyl sites for hydroxylation is 2. The number of methoxy groups -OCH3 is 1. The molecule has 0 aliphatic heterocycles. The van der Waals surface area contributed by atoms with Gasteiger partial charge >= 0.3 is 0 Å². The number of pyridine rings is 1. The summed E-state index contributed by atoms with van der Waals surface area (Å²) in [5.74, 6) is 0.814. The zero-order chi connectivity index (χ0) is 13.9. The number of nitrogens with one attached hydrogen (secondary N) is 1. The maximum Gasteiger partial charge on any atom is 0.160 e. The van der Waals surface area contributed by atoms with Crippen molar-refractivity contribution in [2.75, 3.05) is 12.4 Å². The molecule has 1 atom stereocenters. The molecule has 3 nitrogen and oxygen atoms in total. The molecule has 1 aromatic carbocycles. The highest BCUT2D eigenvalue weighted by molar-refractivity contribution is 5.57. The van der Waals surface area contributed by atoms with Gasteiger partial charge in [0.15, 0.2) is 5.75 Å². The maximum atomic E-state index is 5.39. The minimum Gasteiger partial charge on any atom is -0.493 e. The molecule has 1 aliphatic carbocycles. The minimum absolute atomic E-state index is 0.459. The Kier molecular flexibility index (Phi) is 3.59. The Morgan fingerprint density at radius 1 is 1.25 bits per heavy atom. The predicted molar refractivity (Wildman–Crippen MR) is 81.4 cm³/mol. The van der Waals surface area contributed by atoms with E-state index in [1.807, 2.05) is 6.92 Å². The molecule has 1 aromatic heterocycles. The second-order valence-electron chi connectivity index (χ2n) is 5.38. The van der Waals surface area contributed by atoms with Crippen molar-refractivity contribution in [2.24, 2.45) is 0 Å². The average Bonchev–Trinajstić information content (AvgIpc) is 2.47. The van der Waals surface area contributed by atoms with Crippen LogP contribution in [0.4, 0.5) is 5.69 Å². The van der Waals surface area contributed by atoms with Gasteiger partial charge in [-0.2, -0.15) is 0 Å². The largest absolute Gasteiger partial charge is 0.493 e. The fourth-order valence-corrected chi connectivity index (χ4v) is 2.86. The van der Waals surface area contributed by atoms with Crippen LogP contribution in [0.2, 0.25) is 0 Å². The van der Waals surface area contributed by atoms with Gasteiger partial charge in [0.05, 0.1) is 19.0 Å². The fourth-order valence-electron chi connectivity index (χ4n) is 2.86. The van der Waals surface area contributed by atoms with Gasteiger partial charge in [-0.25, -0.2) is 0 Å². The number of aromatic nitrogens is 1. The maximum absolute atomic E-state index is 5.39. The van der Waals surface area contributed by atoms with E-state index in [1.165, 1.54) is 11.1 Å². The van der Waals surface area contributed by atoms with Gasteiger partial charge in [0.2, 0.25) is 0 Å². The first-order chi connectivity index (χ1) is 9.76. The van der Waals surface area contributed by atoms with Gasteiger partial charge in [-0.3, -0.25) is 4.98 Å². The molecular weight excluding hydrogens is 248 g/mol. The molecule has 3 rings (SSSR count). The van der Waals surface area contributed by atoms with Crippen LogP contribution in [0, 0.1) is 6.92 Å². The first-order valence-electron chi connectivity index (χ1n) is 7.10. The first kappa shape index (κ1) is 13.0. The van der Waals surface area contributed by atoms with Gasteiger partial charge in [-0.15, -0.1) is 0 Å². The molecule has 2 aromatic rings. The van der Waals surface area contributed by atoms with E-state index in [-0.39, 0.29) is 0 Å². The van der Waals surface area contributed by atoms with Gasteiger partial charge in [0.1, 0.15) is 0 Å². The van der Waals surface area contributed by atoms with E-state index < -0.39 is 0 Å². The molecule has 0 amide bonds. The topological polar surface area (TPSA) is 34.1 Å². The van der Waals surface area contributed by atoms with Crippen molar-refractivity contribution in [1.82, 2.24) is 4.98 Å². The lowest BCUT2D eigenvalue weighted by Crippen LogP contribution is -2.27. The summed E-state index contributed by atoms with van der Waals surface area (Å²) in [6.07, 6.45) is 5.15. The molecule has 1 unspecified atom stereocenters. The van der Waals surface area contributed by atoms with Gasteiger partial charge in [0.25, 0.3) is 0 Å². The molecule has 1 heterocycles. The van der Waals surface area contributed by atoms with E-state index in [0.29, 0.717) is 6.04 Å². The molecule has 1 N–H and O–H groups in total. The van der Waals surface area contributed by atoms with Crippen molar-refractivity contribution in [2.45, 2.75) is 32.2 Å². The lowest BCUT2D eigenvalue weighted by atomic mass is 9.88. The van der Waals surface area contributed by atoms with Crippen molar-refractivity contribution >= 4 is 5.69 Å². The number of ether oxygens (including phenoxy) is 1. The zero-order valence-corrected chi connectivity index (χ0v) is 12.0. The van der Waals surface area contributed by atoms with Crippen LogP contribution < -0.4 is 10.1 Å². The molecule has 0 saturated carbocycles. The van der Waals surface area contributed by atoms with E-state index in [2.05, 4.69) is 40.6 Å². The summed E-state index contributed by atoms with van der Waals surface area (Å²) in [4.78, 5) is 4.27. The standard InChI is InChI=1S/C17H20N2O/c1-12-9-16(17(20-2)11-18-12)19-15-8-7-13-5-3-4-6-14(13)10-15/h3-6,9,11,15H,7-8,10H2,1-2H3,(H,18,19). The fraction of sp³-hybridized carbons (Fsp3) is 0.353. The molecule has 0 radical (unpaired) electrons. The van der Waals surface area contributed by atoms with Crippen molar-refractivity contribution in [3.63, 3.8) is 0 Å². The van der Waals surface area contributed by atoms with Crippen LogP contribution in [-0.2, 0) is 12.8 Å². The van der Waals surface area contributed by atoms with Crippen molar-refractivity contribution in [1.29, 1.82) is 0 Å². The average molecular weight is 268 g/mol. The number of anilines is 1. The SMILES string of the molecule is COc1cnc(C)cc1NC1CCc2ccccc2C1. The van der Waals surface area contributed by atoms with Crippen LogP contribution >= 0.6 is 0 Å². The number of fused-ring (bicyclic) bond motifs is 1. The van der Waals surface area contributed by atoms with E-state index in [1.54, 1.807) is 13.3 Å². The summed E-state index contributed by atoms with van der Waals surface area (Å²) in [7, 11) is 1.69. The molecule has 20 heavy (non-hydrogen) atoms.